The summed E-state index contributed by atoms with van der Waals surface area (Å²) in [5.41, 5.74) is 0.262. The molecule has 1 fully saturated rings. The van der Waals surface area contributed by atoms with Gasteiger partial charge in [-0.2, -0.15) is 0 Å². The molecule has 1 saturated heterocycles. The minimum Gasteiger partial charge on any atom is -0.487 e. The lowest BCUT2D eigenvalue weighted by Gasteiger charge is -2.27. The Kier molecular flexibility index (Phi) is 5.92. The average Bonchev–Trinajstić information content (AvgIpc) is 2.96. The lowest BCUT2D eigenvalue weighted by atomic mass is 10.0. The van der Waals surface area contributed by atoms with Crippen LogP contribution >= 0.6 is 0 Å². The van der Waals surface area contributed by atoms with Gasteiger partial charge in [-0.25, -0.2) is 8.42 Å². The maximum atomic E-state index is 13.2. The highest BCUT2D eigenvalue weighted by Gasteiger charge is 2.44. The van der Waals surface area contributed by atoms with Gasteiger partial charge in [0.1, 0.15) is 22.3 Å². The van der Waals surface area contributed by atoms with E-state index in [1.54, 1.807) is 32.9 Å². The molecule has 0 aromatic heterocycles. The van der Waals surface area contributed by atoms with E-state index in [9.17, 15) is 27.6 Å². The smallest absolute Gasteiger partial charge is 0.265 e. The highest BCUT2D eigenvalue weighted by molar-refractivity contribution is 7.92. The van der Waals surface area contributed by atoms with E-state index in [4.69, 9.17) is 4.74 Å². The second kappa shape index (κ2) is 8.49. The summed E-state index contributed by atoms with van der Waals surface area (Å²) in [4.78, 5) is 50.3. The van der Waals surface area contributed by atoms with Crippen LogP contribution in [0.2, 0.25) is 0 Å². The molecule has 0 radical (unpaired) electrons. The standard InChI is InChI=1S/C24H25N3O7S/c1-13-5-9-19(18(11-13)34-24(2,3)4)35(32,33)26-14-6-7-15-16(12-14)23(31)27(22(15)30)17-8-10-20(28)25-21(17)29/h5-7,9,11-12,17,26H,8,10H2,1-4H3,(H,25,28,29). The Bertz CT molecular complexity index is 1380. The van der Waals surface area contributed by atoms with Crippen LogP contribution in [0.1, 0.15) is 59.9 Å². The molecular formula is C24H25N3O7S. The molecule has 35 heavy (non-hydrogen) atoms. The van der Waals surface area contributed by atoms with Gasteiger partial charge in [0.05, 0.1) is 11.1 Å². The van der Waals surface area contributed by atoms with Crippen LogP contribution in [0, 0.1) is 6.92 Å². The molecular weight excluding hydrogens is 474 g/mol. The normalized spacial score (nSPS) is 18.4. The number of carbonyl (C=O) groups is 4. The largest absolute Gasteiger partial charge is 0.487 e. The summed E-state index contributed by atoms with van der Waals surface area (Å²) in [6.07, 6.45) is 0.0317. The Morgan fingerprint density at radius 1 is 1.00 bits per heavy atom. The third-order valence-electron chi connectivity index (χ3n) is 5.50. The summed E-state index contributed by atoms with van der Waals surface area (Å²) in [7, 11) is -4.12. The number of nitrogens with zero attached hydrogens (tertiary/aromatic N) is 1. The minimum absolute atomic E-state index is 0.00435. The highest BCUT2D eigenvalue weighted by atomic mass is 32.2. The van der Waals surface area contributed by atoms with Gasteiger partial charge in [-0.15, -0.1) is 0 Å². The first-order valence-corrected chi connectivity index (χ1v) is 12.4. The maximum absolute atomic E-state index is 13.2. The number of ether oxygens (including phenoxy) is 1. The van der Waals surface area contributed by atoms with Crippen molar-refractivity contribution in [1.82, 2.24) is 10.2 Å². The molecule has 2 aromatic carbocycles. The second-order valence-electron chi connectivity index (χ2n) is 9.48. The van der Waals surface area contributed by atoms with E-state index in [1.807, 2.05) is 6.92 Å². The van der Waals surface area contributed by atoms with Crippen molar-refractivity contribution in [2.24, 2.45) is 0 Å². The number of imide groups is 2. The molecule has 1 unspecified atom stereocenters. The van der Waals surface area contributed by atoms with E-state index in [0.29, 0.717) is 0 Å². The number of aryl methyl sites for hydroxylation is 1. The molecule has 11 heteroatoms. The molecule has 2 N–H and O–H groups in total. The van der Waals surface area contributed by atoms with Crippen LogP contribution in [-0.4, -0.2) is 48.6 Å². The number of amides is 4. The molecule has 4 amide bonds. The summed E-state index contributed by atoms with van der Waals surface area (Å²) in [5.74, 6) is -2.41. The number of anilines is 1. The fourth-order valence-corrected chi connectivity index (χ4v) is 5.15. The first-order valence-electron chi connectivity index (χ1n) is 10.9. The van der Waals surface area contributed by atoms with Gasteiger partial charge >= 0.3 is 0 Å². The summed E-state index contributed by atoms with van der Waals surface area (Å²) in [5, 5.41) is 2.13. The Hall–Kier alpha value is -3.73. The van der Waals surface area contributed by atoms with E-state index < -0.39 is 45.3 Å². The molecule has 2 heterocycles. The lowest BCUT2D eigenvalue weighted by Crippen LogP contribution is -2.54. The fraction of sp³-hybridized carbons (Fsp3) is 0.333. The molecule has 184 valence electrons. The SMILES string of the molecule is Cc1ccc(S(=O)(=O)Nc2ccc3c(c2)C(=O)N(C2CCC(=O)NC2=O)C3=O)c(OC(C)(C)C)c1. The van der Waals surface area contributed by atoms with Crippen molar-refractivity contribution in [1.29, 1.82) is 0 Å². The van der Waals surface area contributed by atoms with Gasteiger partial charge in [-0.3, -0.25) is 34.1 Å². The van der Waals surface area contributed by atoms with Gasteiger partial charge in [0.2, 0.25) is 11.8 Å². The Morgan fingerprint density at radius 2 is 1.69 bits per heavy atom. The number of hydrogen-bond donors (Lipinski definition) is 2. The molecule has 2 aliphatic rings. The first-order chi connectivity index (χ1) is 16.3. The number of benzene rings is 2. The molecule has 0 spiro atoms. The van der Waals surface area contributed by atoms with Crippen LogP contribution in [0.25, 0.3) is 0 Å². The predicted molar refractivity (Wildman–Crippen MR) is 125 cm³/mol. The van der Waals surface area contributed by atoms with Gasteiger partial charge in [0.15, 0.2) is 0 Å². The van der Waals surface area contributed by atoms with Crippen molar-refractivity contribution >= 4 is 39.3 Å². The van der Waals surface area contributed by atoms with E-state index in [2.05, 4.69) is 10.0 Å². The van der Waals surface area contributed by atoms with Gasteiger partial charge in [0, 0.05) is 12.1 Å². The van der Waals surface area contributed by atoms with E-state index in [0.717, 1.165) is 10.5 Å². The minimum atomic E-state index is -4.12. The number of piperidine rings is 1. The second-order valence-corrected chi connectivity index (χ2v) is 11.1. The summed E-state index contributed by atoms with van der Waals surface area (Å²) >= 11 is 0. The van der Waals surface area contributed by atoms with Crippen molar-refractivity contribution in [3.8, 4) is 5.75 Å². The average molecular weight is 500 g/mol. The lowest BCUT2D eigenvalue weighted by molar-refractivity contribution is -0.136. The molecule has 0 aliphatic carbocycles. The van der Waals surface area contributed by atoms with Crippen LogP contribution < -0.4 is 14.8 Å². The number of carbonyl (C=O) groups excluding carboxylic acids is 4. The Balaban J connectivity index is 1.63. The van der Waals surface area contributed by atoms with E-state index in [1.165, 1.54) is 24.3 Å². The van der Waals surface area contributed by atoms with Gasteiger partial charge in [-0.05, 0) is 70.0 Å². The van der Waals surface area contributed by atoms with Gasteiger partial charge in [0.25, 0.3) is 21.8 Å². The summed E-state index contributed by atoms with van der Waals surface area (Å²) < 4.78 is 34.7. The number of fused-ring (bicyclic) bond motifs is 1. The van der Waals surface area contributed by atoms with Crippen LogP contribution in [0.4, 0.5) is 5.69 Å². The molecule has 0 saturated carbocycles. The van der Waals surface area contributed by atoms with Gasteiger partial charge in [-0.1, -0.05) is 6.07 Å². The van der Waals surface area contributed by atoms with Crippen molar-refractivity contribution in [2.75, 3.05) is 4.72 Å². The summed E-state index contributed by atoms with van der Waals surface area (Å²) in [6, 6.07) is 7.57. The predicted octanol–water partition coefficient (Wildman–Crippen LogP) is 2.37. The third-order valence-corrected chi connectivity index (χ3v) is 6.92. The zero-order valence-corrected chi connectivity index (χ0v) is 20.5. The monoisotopic (exact) mass is 499 g/mol. The number of hydrogen-bond acceptors (Lipinski definition) is 7. The zero-order valence-electron chi connectivity index (χ0n) is 19.7. The molecule has 1 atom stereocenters. The number of rotatable bonds is 5. The Morgan fingerprint density at radius 3 is 2.34 bits per heavy atom. The fourth-order valence-electron chi connectivity index (χ4n) is 3.99. The van der Waals surface area contributed by atoms with Crippen LogP contribution in [0.5, 0.6) is 5.75 Å². The molecule has 0 bridgehead atoms. The van der Waals surface area contributed by atoms with Crippen LogP contribution in [-0.2, 0) is 19.6 Å². The Labute approximate surface area is 202 Å². The van der Waals surface area contributed by atoms with Crippen LogP contribution in [0.15, 0.2) is 41.3 Å². The molecule has 2 aliphatic heterocycles. The van der Waals surface area contributed by atoms with Gasteiger partial charge < -0.3 is 4.74 Å². The number of nitrogens with one attached hydrogen (secondary N) is 2. The van der Waals surface area contributed by atoms with E-state index in [-0.39, 0.29) is 40.3 Å². The van der Waals surface area contributed by atoms with E-state index >= 15 is 0 Å². The van der Waals surface area contributed by atoms with Crippen molar-refractivity contribution in [3.63, 3.8) is 0 Å². The first kappa shape index (κ1) is 24.4. The molecule has 4 rings (SSSR count). The molecule has 10 nitrogen and oxygen atoms in total. The zero-order chi connectivity index (χ0) is 25.7. The van der Waals surface area contributed by atoms with Crippen molar-refractivity contribution in [3.05, 3.63) is 53.1 Å². The van der Waals surface area contributed by atoms with Crippen LogP contribution in [0.3, 0.4) is 0 Å². The molecule has 2 aromatic rings. The number of sulfonamides is 1. The highest BCUT2D eigenvalue weighted by Crippen LogP contribution is 2.33. The summed E-state index contributed by atoms with van der Waals surface area (Å²) in [6.45, 7) is 7.22. The topological polar surface area (TPSA) is 139 Å². The maximum Gasteiger partial charge on any atom is 0.265 e. The van der Waals surface area contributed by atoms with Crippen molar-refractivity contribution in [2.45, 2.75) is 57.1 Å². The third kappa shape index (κ3) is 4.76. The van der Waals surface area contributed by atoms with Crippen molar-refractivity contribution < 1.29 is 32.3 Å². The quantitative estimate of drug-likeness (QED) is 0.602.